The number of likely N-dealkylation sites (tertiary alicyclic amines) is 1. The molecule has 0 aliphatic carbocycles. The largest absolute Gasteiger partial charge is 0.343 e. The summed E-state index contributed by atoms with van der Waals surface area (Å²) in [7, 11) is 1.72. The number of rotatable bonds is 7. The first-order valence-corrected chi connectivity index (χ1v) is 9.96. The molecule has 1 fully saturated rings. The van der Waals surface area contributed by atoms with Gasteiger partial charge in [-0.2, -0.15) is 10.1 Å². The normalized spacial score (nSPS) is 16.3. The van der Waals surface area contributed by atoms with Gasteiger partial charge in [-0.3, -0.25) is 14.3 Å². The van der Waals surface area contributed by atoms with Crippen molar-refractivity contribution in [1.29, 1.82) is 0 Å². The third kappa shape index (κ3) is 4.24. The highest BCUT2D eigenvalue weighted by molar-refractivity contribution is 5.92. The van der Waals surface area contributed by atoms with Gasteiger partial charge in [-0.1, -0.05) is 35.5 Å². The Morgan fingerprint density at radius 3 is 2.83 bits per heavy atom. The molecule has 1 N–H and O–H groups in total. The van der Waals surface area contributed by atoms with Gasteiger partial charge in [0.15, 0.2) is 5.82 Å². The molecule has 9 nitrogen and oxygen atoms in total. The van der Waals surface area contributed by atoms with Crippen molar-refractivity contribution in [1.82, 2.24) is 30.1 Å². The van der Waals surface area contributed by atoms with Crippen molar-refractivity contribution in [2.24, 2.45) is 7.05 Å². The van der Waals surface area contributed by atoms with Crippen LogP contribution in [0.15, 0.2) is 40.9 Å². The van der Waals surface area contributed by atoms with Gasteiger partial charge in [-0.15, -0.1) is 0 Å². The molecule has 0 spiro atoms. The van der Waals surface area contributed by atoms with Crippen molar-refractivity contribution in [3.63, 3.8) is 0 Å². The average Bonchev–Trinajstić information content (AvgIpc) is 3.44. The molecular weight excluding hydrogens is 384 g/mol. The van der Waals surface area contributed by atoms with Crippen LogP contribution in [0.3, 0.4) is 0 Å². The smallest absolute Gasteiger partial charge is 0.269 e. The first kappa shape index (κ1) is 19.8. The predicted octanol–water partition coefficient (Wildman–Crippen LogP) is 1.95. The summed E-state index contributed by atoms with van der Waals surface area (Å²) < 4.78 is 6.95. The number of carbonyl (C=O) groups excluding carboxylic acids is 2. The van der Waals surface area contributed by atoms with Gasteiger partial charge in [0.2, 0.25) is 11.8 Å². The van der Waals surface area contributed by atoms with E-state index in [1.165, 1.54) is 10.2 Å². The van der Waals surface area contributed by atoms with Gasteiger partial charge in [0.1, 0.15) is 11.7 Å². The predicted molar refractivity (Wildman–Crippen MR) is 107 cm³/mol. The highest BCUT2D eigenvalue weighted by atomic mass is 16.5. The molecular formula is C21H24N6O3. The molecule has 3 aromatic rings. The SMILES string of the molecule is Cc1cc(C(=O)NCc2noc([C@@H]3CCC(=O)N3CCc3ccccc3)n2)n(C)n1. The van der Waals surface area contributed by atoms with Crippen molar-refractivity contribution < 1.29 is 14.1 Å². The minimum Gasteiger partial charge on any atom is -0.343 e. The first-order chi connectivity index (χ1) is 14.5. The molecule has 0 bridgehead atoms. The van der Waals surface area contributed by atoms with Crippen molar-refractivity contribution in [2.45, 2.75) is 38.8 Å². The van der Waals surface area contributed by atoms with Gasteiger partial charge >= 0.3 is 0 Å². The second-order valence-corrected chi connectivity index (χ2v) is 7.40. The van der Waals surface area contributed by atoms with Crippen LogP contribution >= 0.6 is 0 Å². The molecule has 0 saturated carbocycles. The molecule has 1 aliphatic heterocycles. The molecule has 1 aliphatic rings. The van der Waals surface area contributed by atoms with Gasteiger partial charge in [0.05, 0.1) is 12.2 Å². The fourth-order valence-electron chi connectivity index (χ4n) is 3.71. The average molecular weight is 408 g/mol. The van der Waals surface area contributed by atoms with E-state index in [4.69, 9.17) is 4.52 Å². The number of hydrogen-bond donors (Lipinski definition) is 1. The minimum absolute atomic E-state index is 0.0931. The molecule has 2 aromatic heterocycles. The van der Waals surface area contributed by atoms with E-state index in [2.05, 4.69) is 20.6 Å². The van der Waals surface area contributed by atoms with Crippen LogP contribution in [0, 0.1) is 6.92 Å². The third-order valence-electron chi connectivity index (χ3n) is 5.22. The molecule has 0 radical (unpaired) electrons. The monoisotopic (exact) mass is 408 g/mol. The summed E-state index contributed by atoms with van der Waals surface area (Å²) in [4.78, 5) is 30.9. The molecule has 3 heterocycles. The molecule has 30 heavy (non-hydrogen) atoms. The fourth-order valence-corrected chi connectivity index (χ4v) is 3.71. The van der Waals surface area contributed by atoms with Gasteiger partial charge in [-0.25, -0.2) is 0 Å². The van der Waals surface area contributed by atoms with Gasteiger partial charge < -0.3 is 14.7 Å². The van der Waals surface area contributed by atoms with E-state index in [0.29, 0.717) is 36.8 Å². The zero-order chi connectivity index (χ0) is 21.1. The van der Waals surface area contributed by atoms with Crippen molar-refractivity contribution in [2.75, 3.05) is 6.54 Å². The van der Waals surface area contributed by atoms with Crippen LogP contribution in [0.25, 0.3) is 0 Å². The molecule has 2 amide bonds. The van der Waals surface area contributed by atoms with Crippen LogP contribution in [0.4, 0.5) is 0 Å². The maximum atomic E-state index is 12.4. The van der Waals surface area contributed by atoms with Gasteiger partial charge in [0, 0.05) is 20.0 Å². The number of nitrogens with one attached hydrogen (secondary N) is 1. The number of aromatic nitrogens is 4. The van der Waals surface area contributed by atoms with E-state index in [1.54, 1.807) is 18.0 Å². The number of amides is 2. The summed E-state index contributed by atoms with van der Waals surface area (Å²) in [6.45, 7) is 2.56. The Balaban J connectivity index is 1.38. The number of benzene rings is 1. The standard InChI is InChI=1S/C21H24N6O3/c1-14-12-17(26(2)24-14)20(29)22-13-18-23-21(30-25-18)16-8-9-19(28)27(16)11-10-15-6-4-3-5-7-15/h3-7,12,16H,8-11,13H2,1-2H3,(H,22,29)/t16-/m0/s1. The van der Waals surface area contributed by atoms with Gasteiger partial charge in [-0.05, 0) is 31.4 Å². The van der Waals surface area contributed by atoms with E-state index >= 15 is 0 Å². The van der Waals surface area contributed by atoms with Crippen molar-refractivity contribution in [3.05, 3.63) is 65.1 Å². The second-order valence-electron chi connectivity index (χ2n) is 7.40. The first-order valence-electron chi connectivity index (χ1n) is 9.96. The Hall–Kier alpha value is -3.49. The second kappa shape index (κ2) is 8.48. The molecule has 1 saturated heterocycles. The lowest BCUT2D eigenvalue weighted by Crippen LogP contribution is -2.30. The maximum Gasteiger partial charge on any atom is 0.269 e. The summed E-state index contributed by atoms with van der Waals surface area (Å²) in [5, 5.41) is 10.9. The molecule has 156 valence electrons. The van der Waals surface area contributed by atoms with Crippen LogP contribution < -0.4 is 5.32 Å². The van der Waals surface area contributed by atoms with E-state index < -0.39 is 0 Å². The molecule has 1 aromatic carbocycles. The minimum atomic E-state index is -0.259. The van der Waals surface area contributed by atoms with Crippen molar-refractivity contribution >= 4 is 11.8 Å². The number of hydrogen-bond acceptors (Lipinski definition) is 6. The topological polar surface area (TPSA) is 106 Å². The quantitative estimate of drug-likeness (QED) is 0.640. The highest BCUT2D eigenvalue weighted by Crippen LogP contribution is 2.31. The highest BCUT2D eigenvalue weighted by Gasteiger charge is 2.35. The van der Waals surface area contributed by atoms with Crippen LogP contribution in [0.5, 0.6) is 0 Å². The van der Waals surface area contributed by atoms with Crippen LogP contribution in [0.1, 0.15) is 52.3 Å². The Kier molecular flexibility index (Phi) is 5.60. The lowest BCUT2D eigenvalue weighted by atomic mass is 10.1. The van der Waals surface area contributed by atoms with Crippen LogP contribution in [-0.2, 0) is 24.8 Å². The lowest BCUT2D eigenvalue weighted by molar-refractivity contribution is -0.129. The van der Waals surface area contributed by atoms with Gasteiger partial charge in [0.25, 0.3) is 5.91 Å². The Bertz CT molecular complexity index is 1040. The summed E-state index contributed by atoms with van der Waals surface area (Å²) in [6.07, 6.45) is 1.88. The lowest BCUT2D eigenvalue weighted by Gasteiger charge is -2.21. The Labute approximate surface area is 174 Å². The van der Waals surface area contributed by atoms with Crippen LogP contribution in [-0.4, -0.2) is 43.2 Å². The third-order valence-corrected chi connectivity index (χ3v) is 5.22. The number of aryl methyl sites for hydroxylation is 2. The Morgan fingerprint density at radius 1 is 1.30 bits per heavy atom. The zero-order valence-electron chi connectivity index (χ0n) is 17.0. The zero-order valence-corrected chi connectivity index (χ0v) is 17.0. The van der Waals surface area contributed by atoms with E-state index in [9.17, 15) is 9.59 Å². The van der Waals surface area contributed by atoms with E-state index in [0.717, 1.165) is 12.1 Å². The van der Waals surface area contributed by atoms with E-state index in [1.807, 2.05) is 37.3 Å². The summed E-state index contributed by atoms with van der Waals surface area (Å²) in [5.41, 5.74) is 2.41. The number of nitrogens with zero attached hydrogens (tertiary/aromatic N) is 5. The maximum absolute atomic E-state index is 12.4. The summed E-state index contributed by atoms with van der Waals surface area (Å²) in [6, 6.07) is 11.5. The molecule has 1 atom stereocenters. The van der Waals surface area contributed by atoms with Crippen LogP contribution in [0.2, 0.25) is 0 Å². The summed E-state index contributed by atoms with van der Waals surface area (Å²) in [5.74, 6) is 0.620. The van der Waals surface area contributed by atoms with E-state index in [-0.39, 0.29) is 24.4 Å². The molecule has 4 rings (SSSR count). The Morgan fingerprint density at radius 2 is 2.10 bits per heavy atom. The fraction of sp³-hybridized carbons (Fsp3) is 0.381. The summed E-state index contributed by atoms with van der Waals surface area (Å²) >= 11 is 0. The molecule has 0 unspecified atom stereocenters. The number of carbonyl (C=O) groups is 2. The van der Waals surface area contributed by atoms with Crippen molar-refractivity contribution in [3.8, 4) is 0 Å². The molecule has 9 heteroatoms.